The first-order chi connectivity index (χ1) is 8.56. The van der Waals surface area contributed by atoms with Crippen LogP contribution in [0.1, 0.15) is 37.6 Å². The molecule has 4 heteroatoms. The molecule has 4 nitrogen and oxygen atoms in total. The Hall–Kier alpha value is -1.84. The molecule has 1 aliphatic rings. The number of anilines is 1. The van der Waals surface area contributed by atoms with Gasteiger partial charge in [0.05, 0.1) is 11.3 Å². The zero-order valence-corrected chi connectivity index (χ0v) is 10.9. The molecule has 1 aromatic rings. The van der Waals surface area contributed by atoms with Gasteiger partial charge in [-0.15, -0.1) is 0 Å². The van der Waals surface area contributed by atoms with E-state index in [1.165, 1.54) is 0 Å². The van der Waals surface area contributed by atoms with E-state index in [9.17, 15) is 9.59 Å². The number of nitrogens with one attached hydrogen (secondary N) is 1. The van der Waals surface area contributed by atoms with Crippen LogP contribution in [0.4, 0.5) is 5.69 Å². The largest absolute Gasteiger partial charge is 0.340 e. The summed E-state index contributed by atoms with van der Waals surface area (Å²) in [6.07, 6.45) is 0.848. The quantitative estimate of drug-likeness (QED) is 0.867. The van der Waals surface area contributed by atoms with E-state index in [2.05, 4.69) is 5.32 Å². The van der Waals surface area contributed by atoms with E-state index >= 15 is 0 Å². The van der Waals surface area contributed by atoms with Crippen LogP contribution in [-0.4, -0.2) is 23.9 Å². The molecule has 2 rings (SSSR count). The van der Waals surface area contributed by atoms with Crippen LogP contribution in [0.25, 0.3) is 0 Å². The van der Waals surface area contributed by atoms with Crippen LogP contribution in [0.2, 0.25) is 0 Å². The smallest absolute Gasteiger partial charge is 0.254 e. The number of fused-ring (bicyclic) bond motifs is 1. The molecule has 0 bridgehead atoms. The maximum Gasteiger partial charge on any atom is 0.254 e. The predicted molar refractivity (Wildman–Crippen MR) is 70.6 cm³/mol. The zero-order chi connectivity index (χ0) is 13.3. The molecule has 0 spiro atoms. The van der Waals surface area contributed by atoms with Gasteiger partial charge in [-0.3, -0.25) is 9.59 Å². The Morgan fingerprint density at radius 1 is 1.33 bits per heavy atom. The second-order valence-electron chi connectivity index (χ2n) is 4.68. The maximum absolute atomic E-state index is 12.4. The van der Waals surface area contributed by atoms with Gasteiger partial charge < -0.3 is 10.2 Å². The fraction of sp³-hybridized carbons (Fsp3) is 0.429. The Morgan fingerprint density at radius 2 is 2.00 bits per heavy atom. The van der Waals surface area contributed by atoms with E-state index in [0.717, 1.165) is 6.42 Å². The third-order valence-electron chi connectivity index (χ3n) is 3.40. The van der Waals surface area contributed by atoms with Gasteiger partial charge in [-0.2, -0.15) is 0 Å². The fourth-order valence-electron chi connectivity index (χ4n) is 2.18. The van der Waals surface area contributed by atoms with Crippen molar-refractivity contribution in [2.45, 2.75) is 39.3 Å². The van der Waals surface area contributed by atoms with Gasteiger partial charge in [0.25, 0.3) is 5.91 Å². The Morgan fingerprint density at radius 3 is 2.67 bits per heavy atom. The summed E-state index contributed by atoms with van der Waals surface area (Å²) >= 11 is 0. The van der Waals surface area contributed by atoms with E-state index in [-0.39, 0.29) is 17.9 Å². The van der Waals surface area contributed by atoms with E-state index < -0.39 is 6.04 Å². The van der Waals surface area contributed by atoms with Gasteiger partial charge in [0.2, 0.25) is 5.91 Å². The van der Waals surface area contributed by atoms with Gasteiger partial charge in [0.15, 0.2) is 0 Å². The first-order valence-electron chi connectivity index (χ1n) is 6.29. The second kappa shape index (κ2) is 4.80. The summed E-state index contributed by atoms with van der Waals surface area (Å²) in [5.74, 6) is -0.236. The lowest BCUT2D eigenvalue weighted by atomic mass is 10.1. The van der Waals surface area contributed by atoms with Crippen molar-refractivity contribution in [2.75, 3.05) is 4.90 Å². The third-order valence-corrected chi connectivity index (χ3v) is 3.40. The average molecular weight is 246 g/mol. The summed E-state index contributed by atoms with van der Waals surface area (Å²) in [6.45, 7) is 5.75. The summed E-state index contributed by atoms with van der Waals surface area (Å²) in [5, 5.41) is 2.73. The van der Waals surface area contributed by atoms with E-state index in [1.54, 1.807) is 17.9 Å². The van der Waals surface area contributed by atoms with Gasteiger partial charge >= 0.3 is 0 Å². The van der Waals surface area contributed by atoms with Crippen molar-refractivity contribution < 1.29 is 9.59 Å². The Balaban J connectivity index is 2.57. The van der Waals surface area contributed by atoms with Crippen LogP contribution < -0.4 is 10.2 Å². The van der Waals surface area contributed by atoms with Crippen LogP contribution >= 0.6 is 0 Å². The lowest BCUT2D eigenvalue weighted by Gasteiger charge is -2.29. The number of amides is 2. The monoisotopic (exact) mass is 246 g/mol. The minimum absolute atomic E-state index is 0.0531. The molecule has 0 aromatic heterocycles. The molecule has 2 unspecified atom stereocenters. The van der Waals surface area contributed by atoms with Gasteiger partial charge in [-0.05, 0) is 32.4 Å². The summed E-state index contributed by atoms with van der Waals surface area (Å²) in [5.41, 5.74) is 1.27. The molecular formula is C14H18N2O2. The lowest BCUT2D eigenvalue weighted by Crippen LogP contribution is -2.47. The predicted octanol–water partition coefficient (Wildman–Crippen LogP) is 1.95. The van der Waals surface area contributed by atoms with E-state index in [1.807, 2.05) is 32.0 Å². The molecule has 1 aliphatic heterocycles. The number of benzene rings is 1. The normalized spacial score (nSPS) is 21.1. The number of carbonyl (C=O) groups is 2. The Labute approximate surface area is 107 Å². The molecule has 0 aliphatic carbocycles. The standard InChI is InChI=1S/C14H18N2O2/c1-4-9(2)16-12-8-6-5-7-11(12)13(17)15-10(3)14(16)18/h5-10H,4H2,1-3H3,(H,15,17). The number of rotatable bonds is 2. The highest BCUT2D eigenvalue weighted by atomic mass is 16.2. The van der Waals surface area contributed by atoms with Crippen molar-refractivity contribution in [1.82, 2.24) is 5.32 Å². The van der Waals surface area contributed by atoms with Gasteiger partial charge in [0, 0.05) is 6.04 Å². The van der Waals surface area contributed by atoms with Gasteiger partial charge in [-0.25, -0.2) is 0 Å². The first kappa shape index (κ1) is 12.6. The van der Waals surface area contributed by atoms with Crippen LogP contribution in [0.5, 0.6) is 0 Å². The second-order valence-corrected chi connectivity index (χ2v) is 4.68. The number of carbonyl (C=O) groups excluding carboxylic acids is 2. The number of nitrogens with zero attached hydrogens (tertiary/aromatic N) is 1. The minimum atomic E-state index is -0.487. The summed E-state index contributed by atoms with van der Waals surface area (Å²) < 4.78 is 0. The highest BCUT2D eigenvalue weighted by Crippen LogP contribution is 2.26. The lowest BCUT2D eigenvalue weighted by molar-refractivity contribution is -0.120. The Kier molecular flexibility index (Phi) is 3.36. The van der Waals surface area contributed by atoms with Gasteiger partial charge in [0.1, 0.15) is 6.04 Å². The van der Waals surface area contributed by atoms with Crippen molar-refractivity contribution in [1.29, 1.82) is 0 Å². The van der Waals surface area contributed by atoms with E-state index in [0.29, 0.717) is 11.3 Å². The molecule has 2 amide bonds. The van der Waals surface area contributed by atoms with Crippen molar-refractivity contribution in [3.63, 3.8) is 0 Å². The molecule has 18 heavy (non-hydrogen) atoms. The van der Waals surface area contributed by atoms with Crippen LogP contribution in [0.3, 0.4) is 0 Å². The van der Waals surface area contributed by atoms with Crippen molar-refractivity contribution >= 4 is 17.5 Å². The van der Waals surface area contributed by atoms with Gasteiger partial charge in [-0.1, -0.05) is 19.1 Å². The first-order valence-corrected chi connectivity index (χ1v) is 6.29. The van der Waals surface area contributed by atoms with Crippen molar-refractivity contribution in [3.8, 4) is 0 Å². The highest BCUT2D eigenvalue weighted by molar-refractivity contribution is 6.11. The highest BCUT2D eigenvalue weighted by Gasteiger charge is 2.32. The maximum atomic E-state index is 12.4. The molecule has 0 saturated heterocycles. The molecule has 1 heterocycles. The number of para-hydroxylation sites is 1. The van der Waals surface area contributed by atoms with Crippen molar-refractivity contribution in [3.05, 3.63) is 29.8 Å². The topological polar surface area (TPSA) is 49.4 Å². The molecular weight excluding hydrogens is 228 g/mol. The van der Waals surface area contributed by atoms with Crippen LogP contribution in [0.15, 0.2) is 24.3 Å². The Bertz CT molecular complexity index is 484. The molecule has 0 saturated carbocycles. The molecule has 2 atom stereocenters. The molecule has 0 radical (unpaired) electrons. The van der Waals surface area contributed by atoms with Crippen LogP contribution in [0, 0.1) is 0 Å². The minimum Gasteiger partial charge on any atom is -0.340 e. The summed E-state index contributed by atoms with van der Waals surface area (Å²) in [6, 6.07) is 6.84. The number of hydrogen-bond acceptors (Lipinski definition) is 2. The molecule has 0 fully saturated rings. The fourth-order valence-corrected chi connectivity index (χ4v) is 2.18. The zero-order valence-electron chi connectivity index (χ0n) is 10.9. The van der Waals surface area contributed by atoms with Crippen molar-refractivity contribution in [2.24, 2.45) is 0 Å². The SMILES string of the molecule is CCC(C)N1C(=O)C(C)NC(=O)c2ccccc21. The third kappa shape index (κ3) is 1.98. The molecule has 96 valence electrons. The average Bonchev–Trinajstić information content (AvgIpc) is 2.46. The summed E-state index contributed by atoms with van der Waals surface area (Å²) in [7, 11) is 0. The molecule has 1 N–H and O–H groups in total. The molecule has 1 aromatic carbocycles. The number of hydrogen-bond donors (Lipinski definition) is 1. The summed E-state index contributed by atoms with van der Waals surface area (Å²) in [4.78, 5) is 26.1. The van der Waals surface area contributed by atoms with Crippen LogP contribution in [-0.2, 0) is 4.79 Å². The van der Waals surface area contributed by atoms with E-state index in [4.69, 9.17) is 0 Å².